The standard InChI is InChI=1S/C22H25N5O4/c1-13-4-5-15(11-23-13)21-18(14(2)31-27-21)12-30-20-9-8-19(25-26-20)22(28)24-16-6-7-17(10-16)29-3/h4-5,8-9,11,16-17H,6-7,10,12H2,1-3H3,(H,24,28)/t16-,17-/m1/s1. The van der Waals surface area contributed by atoms with E-state index in [0.717, 1.165) is 36.1 Å². The molecule has 31 heavy (non-hydrogen) atoms. The van der Waals surface area contributed by atoms with Gasteiger partial charge in [-0.1, -0.05) is 5.16 Å². The zero-order chi connectivity index (χ0) is 21.8. The Morgan fingerprint density at radius 3 is 2.74 bits per heavy atom. The summed E-state index contributed by atoms with van der Waals surface area (Å²) >= 11 is 0. The van der Waals surface area contributed by atoms with E-state index >= 15 is 0 Å². The van der Waals surface area contributed by atoms with Gasteiger partial charge in [-0.05, 0) is 51.3 Å². The Balaban J connectivity index is 1.37. The number of hydrogen-bond donors (Lipinski definition) is 1. The van der Waals surface area contributed by atoms with E-state index < -0.39 is 0 Å². The highest BCUT2D eigenvalue weighted by molar-refractivity contribution is 5.92. The minimum atomic E-state index is -0.246. The fourth-order valence-electron chi connectivity index (χ4n) is 3.60. The molecule has 3 aromatic heterocycles. The molecular formula is C22H25N5O4. The molecule has 1 saturated carbocycles. The number of rotatable bonds is 7. The van der Waals surface area contributed by atoms with Gasteiger partial charge in [0.25, 0.3) is 5.91 Å². The van der Waals surface area contributed by atoms with E-state index in [9.17, 15) is 4.79 Å². The second-order valence-electron chi connectivity index (χ2n) is 7.64. The first-order valence-corrected chi connectivity index (χ1v) is 10.2. The molecule has 9 nitrogen and oxygen atoms in total. The van der Waals surface area contributed by atoms with Crippen molar-refractivity contribution >= 4 is 5.91 Å². The van der Waals surface area contributed by atoms with Gasteiger partial charge < -0.3 is 19.3 Å². The monoisotopic (exact) mass is 423 g/mol. The number of carbonyl (C=O) groups excluding carboxylic acids is 1. The molecular weight excluding hydrogens is 398 g/mol. The Kier molecular flexibility index (Phi) is 6.22. The summed E-state index contributed by atoms with van der Waals surface area (Å²) < 4.78 is 16.5. The number of nitrogens with one attached hydrogen (secondary N) is 1. The third-order valence-electron chi connectivity index (χ3n) is 5.46. The number of aromatic nitrogens is 4. The molecule has 3 aromatic rings. The highest BCUT2D eigenvalue weighted by atomic mass is 16.5. The molecule has 1 amide bonds. The van der Waals surface area contributed by atoms with Crippen molar-refractivity contribution in [2.24, 2.45) is 0 Å². The van der Waals surface area contributed by atoms with Crippen LogP contribution < -0.4 is 10.1 Å². The molecule has 0 bridgehead atoms. The van der Waals surface area contributed by atoms with Crippen LogP contribution in [0.15, 0.2) is 35.0 Å². The predicted molar refractivity (Wildman–Crippen MR) is 111 cm³/mol. The molecule has 1 fully saturated rings. The van der Waals surface area contributed by atoms with Crippen LogP contribution >= 0.6 is 0 Å². The van der Waals surface area contributed by atoms with Gasteiger partial charge in [0.15, 0.2) is 5.69 Å². The molecule has 0 saturated heterocycles. The third-order valence-corrected chi connectivity index (χ3v) is 5.46. The van der Waals surface area contributed by atoms with E-state index in [-0.39, 0.29) is 30.4 Å². The zero-order valence-electron chi connectivity index (χ0n) is 17.8. The normalized spacial score (nSPS) is 18.2. The lowest BCUT2D eigenvalue weighted by Crippen LogP contribution is -2.34. The highest BCUT2D eigenvalue weighted by Crippen LogP contribution is 2.26. The van der Waals surface area contributed by atoms with Crippen LogP contribution in [-0.2, 0) is 11.3 Å². The number of aryl methyl sites for hydroxylation is 2. The Bertz CT molecular complexity index is 1030. The van der Waals surface area contributed by atoms with Crippen molar-refractivity contribution in [2.75, 3.05) is 7.11 Å². The molecule has 162 valence electrons. The summed E-state index contributed by atoms with van der Waals surface area (Å²) in [7, 11) is 1.70. The first-order valence-electron chi connectivity index (χ1n) is 10.2. The minimum absolute atomic E-state index is 0.0985. The molecule has 1 N–H and O–H groups in total. The first kappa shape index (κ1) is 20.9. The second kappa shape index (κ2) is 9.22. The molecule has 0 aliphatic heterocycles. The van der Waals surface area contributed by atoms with Crippen LogP contribution in [0.4, 0.5) is 0 Å². The van der Waals surface area contributed by atoms with Crippen LogP contribution in [0.2, 0.25) is 0 Å². The molecule has 4 rings (SSSR count). The van der Waals surface area contributed by atoms with Crippen molar-refractivity contribution in [3.8, 4) is 17.1 Å². The number of ether oxygens (including phenoxy) is 2. The van der Waals surface area contributed by atoms with Crippen LogP contribution in [0.1, 0.15) is 46.8 Å². The summed E-state index contributed by atoms with van der Waals surface area (Å²) in [5.74, 6) is 0.723. The van der Waals surface area contributed by atoms with Gasteiger partial charge in [0.05, 0.1) is 11.7 Å². The quantitative estimate of drug-likeness (QED) is 0.617. The van der Waals surface area contributed by atoms with Crippen LogP contribution in [0.5, 0.6) is 5.88 Å². The number of methoxy groups -OCH3 is 1. The summed E-state index contributed by atoms with van der Waals surface area (Å²) in [4.78, 5) is 16.7. The maximum Gasteiger partial charge on any atom is 0.272 e. The molecule has 0 spiro atoms. The maximum atomic E-state index is 12.4. The van der Waals surface area contributed by atoms with E-state index in [1.54, 1.807) is 25.4 Å². The SMILES string of the molecule is CO[C@@H]1CC[C@@H](NC(=O)c2ccc(OCc3c(-c4ccc(C)nc4)noc3C)nn2)C1. The van der Waals surface area contributed by atoms with Crippen LogP contribution in [0.25, 0.3) is 11.3 Å². The van der Waals surface area contributed by atoms with Crippen LogP contribution in [-0.4, -0.2) is 45.5 Å². The summed E-state index contributed by atoms with van der Waals surface area (Å²) in [5.41, 5.74) is 3.51. The summed E-state index contributed by atoms with van der Waals surface area (Å²) in [6.07, 6.45) is 4.61. The molecule has 3 heterocycles. The Hall–Kier alpha value is -3.33. The maximum absolute atomic E-state index is 12.4. The number of amides is 1. The number of nitrogens with zero attached hydrogens (tertiary/aromatic N) is 4. The molecule has 0 aromatic carbocycles. The van der Waals surface area contributed by atoms with E-state index in [0.29, 0.717) is 17.3 Å². The van der Waals surface area contributed by atoms with Gasteiger partial charge in [-0.2, -0.15) is 0 Å². The van der Waals surface area contributed by atoms with Gasteiger partial charge in [-0.25, -0.2) is 0 Å². The van der Waals surface area contributed by atoms with Crippen molar-refractivity contribution < 1.29 is 18.8 Å². The van der Waals surface area contributed by atoms with Crippen molar-refractivity contribution in [2.45, 2.75) is 51.9 Å². The average molecular weight is 423 g/mol. The van der Waals surface area contributed by atoms with Crippen molar-refractivity contribution in [1.29, 1.82) is 0 Å². The highest BCUT2D eigenvalue weighted by Gasteiger charge is 2.26. The number of pyridine rings is 1. The van der Waals surface area contributed by atoms with E-state index in [4.69, 9.17) is 14.0 Å². The molecule has 9 heteroatoms. The van der Waals surface area contributed by atoms with Crippen LogP contribution in [0.3, 0.4) is 0 Å². The van der Waals surface area contributed by atoms with Gasteiger partial charge in [0, 0.05) is 36.7 Å². The molecule has 0 unspecified atom stereocenters. The van der Waals surface area contributed by atoms with Crippen molar-refractivity contribution in [1.82, 2.24) is 25.7 Å². The zero-order valence-corrected chi connectivity index (χ0v) is 17.8. The molecule has 1 aliphatic carbocycles. The lowest BCUT2D eigenvalue weighted by atomic mass is 10.1. The van der Waals surface area contributed by atoms with E-state index in [2.05, 4.69) is 25.7 Å². The van der Waals surface area contributed by atoms with E-state index in [1.807, 2.05) is 26.0 Å². The topological polar surface area (TPSA) is 112 Å². The third kappa shape index (κ3) is 4.88. The lowest BCUT2D eigenvalue weighted by molar-refractivity contribution is 0.0909. The lowest BCUT2D eigenvalue weighted by Gasteiger charge is -2.12. The van der Waals surface area contributed by atoms with Crippen molar-refractivity contribution in [3.05, 3.63) is 53.2 Å². The molecule has 2 atom stereocenters. The van der Waals surface area contributed by atoms with Gasteiger partial charge in [-0.15, -0.1) is 10.2 Å². The fraction of sp³-hybridized carbons (Fsp3) is 0.409. The van der Waals surface area contributed by atoms with Gasteiger partial charge >= 0.3 is 0 Å². The van der Waals surface area contributed by atoms with Gasteiger partial charge in [0.1, 0.15) is 18.1 Å². The first-order chi connectivity index (χ1) is 15.0. The number of carbonyl (C=O) groups is 1. The Morgan fingerprint density at radius 2 is 2.06 bits per heavy atom. The largest absolute Gasteiger partial charge is 0.472 e. The molecule has 1 aliphatic rings. The number of hydrogen-bond acceptors (Lipinski definition) is 8. The summed E-state index contributed by atoms with van der Waals surface area (Å²) in [6.45, 7) is 3.96. The average Bonchev–Trinajstić information content (AvgIpc) is 3.39. The van der Waals surface area contributed by atoms with Gasteiger partial charge in [-0.3, -0.25) is 9.78 Å². The predicted octanol–water partition coefficient (Wildman–Crippen LogP) is 3.02. The summed E-state index contributed by atoms with van der Waals surface area (Å²) in [5, 5.41) is 15.1. The van der Waals surface area contributed by atoms with Gasteiger partial charge in [0.2, 0.25) is 5.88 Å². The van der Waals surface area contributed by atoms with Crippen molar-refractivity contribution in [3.63, 3.8) is 0 Å². The summed E-state index contributed by atoms with van der Waals surface area (Å²) in [6, 6.07) is 7.19. The van der Waals surface area contributed by atoms with Crippen LogP contribution in [0, 0.1) is 13.8 Å². The smallest absolute Gasteiger partial charge is 0.272 e. The van der Waals surface area contributed by atoms with E-state index in [1.165, 1.54) is 0 Å². The minimum Gasteiger partial charge on any atom is -0.472 e. The molecule has 0 radical (unpaired) electrons. The Labute approximate surface area is 180 Å². The Morgan fingerprint density at radius 1 is 1.19 bits per heavy atom. The second-order valence-corrected chi connectivity index (χ2v) is 7.64. The fourth-order valence-corrected chi connectivity index (χ4v) is 3.60.